The van der Waals surface area contributed by atoms with Crippen molar-refractivity contribution in [3.8, 4) is 17.2 Å². The summed E-state index contributed by atoms with van der Waals surface area (Å²) < 4.78 is 11.5. The molecule has 4 aromatic rings. The predicted molar refractivity (Wildman–Crippen MR) is 114 cm³/mol. The molecule has 1 N–H and O–H groups in total. The maximum Gasteiger partial charge on any atom is 0.262 e. The van der Waals surface area contributed by atoms with Crippen LogP contribution in [0.25, 0.3) is 22.6 Å². The van der Waals surface area contributed by atoms with E-state index in [-0.39, 0.29) is 12.5 Å². The molecule has 1 aromatic heterocycles. The number of benzene rings is 3. The summed E-state index contributed by atoms with van der Waals surface area (Å²) in [5.74, 6) is 1.03. The van der Waals surface area contributed by atoms with Crippen LogP contribution < -0.4 is 10.1 Å². The smallest absolute Gasteiger partial charge is 0.262 e. The van der Waals surface area contributed by atoms with Crippen LogP contribution in [0.1, 0.15) is 16.7 Å². The number of fused-ring (bicyclic) bond motifs is 1. The van der Waals surface area contributed by atoms with Crippen molar-refractivity contribution in [2.45, 2.75) is 20.8 Å². The third-order valence-corrected chi connectivity index (χ3v) is 4.88. The number of aryl methyl sites for hydroxylation is 3. The van der Waals surface area contributed by atoms with Gasteiger partial charge in [-0.25, -0.2) is 4.98 Å². The van der Waals surface area contributed by atoms with Crippen LogP contribution in [0.4, 0.5) is 5.69 Å². The fraction of sp³-hybridized carbons (Fsp3) is 0.167. The fourth-order valence-electron chi connectivity index (χ4n) is 3.06. The van der Waals surface area contributed by atoms with Gasteiger partial charge in [0.2, 0.25) is 5.89 Å². The van der Waals surface area contributed by atoms with Gasteiger partial charge in [-0.2, -0.15) is 0 Å². The number of hydrogen-bond acceptors (Lipinski definition) is 4. The zero-order chi connectivity index (χ0) is 20.4. The number of carbonyl (C=O) groups excluding carboxylic acids is 1. The average Bonchev–Trinajstić information content (AvgIpc) is 3.13. The van der Waals surface area contributed by atoms with E-state index in [1.807, 2.05) is 43.3 Å². The molecule has 0 spiro atoms. The molecule has 0 aliphatic heterocycles. The summed E-state index contributed by atoms with van der Waals surface area (Å²) in [6, 6.07) is 19.1. The third kappa shape index (κ3) is 4.14. The van der Waals surface area contributed by atoms with Crippen LogP contribution in [0.15, 0.2) is 65.1 Å². The molecule has 1 heterocycles. The van der Waals surface area contributed by atoms with Gasteiger partial charge in [0.1, 0.15) is 11.3 Å². The largest absolute Gasteiger partial charge is 0.483 e. The van der Waals surface area contributed by atoms with Gasteiger partial charge in [0.05, 0.1) is 0 Å². The number of aromatic nitrogens is 1. The van der Waals surface area contributed by atoms with Crippen molar-refractivity contribution < 1.29 is 13.9 Å². The predicted octanol–water partition coefficient (Wildman–Crippen LogP) is 5.44. The first-order chi connectivity index (χ1) is 14.0. The van der Waals surface area contributed by atoms with E-state index in [1.165, 1.54) is 11.1 Å². The Balaban J connectivity index is 1.48. The summed E-state index contributed by atoms with van der Waals surface area (Å²) in [6.07, 6.45) is 0. The van der Waals surface area contributed by atoms with Crippen LogP contribution in [-0.4, -0.2) is 17.5 Å². The van der Waals surface area contributed by atoms with Crippen LogP contribution in [0, 0.1) is 20.8 Å². The first-order valence-electron chi connectivity index (χ1n) is 9.46. The van der Waals surface area contributed by atoms with Crippen LogP contribution in [0.3, 0.4) is 0 Å². The molecule has 0 radical (unpaired) electrons. The zero-order valence-electron chi connectivity index (χ0n) is 16.7. The molecule has 0 fully saturated rings. The molecule has 146 valence electrons. The summed E-state index contributed by atoms with van der Waals surface area (Å²) in [5, 5.41) is 2.84. The maximum absolute atomic E-state index is 12.2. The Labute approximate surface area is 169 Å². The van der Waals surface area contributed by atoms with Crippen molar-refractivity contribution >= 4 is 22.7 Å². The van der Waals surface area contributed by atoms with Crippen LogP contribution >= 0.6 is 0 Å². The minimum atomic E-state index is -0.231. The van der Waals surface area contributed by atoms with Crippen molar-refractivity contribution in [2.75, 3.05) is 11.9 Å². The van der Waals surface area contributed by atoms with Crippen molar-refractivity contribution in [2.24, 2.45) is 0 Å². The quantitative estimate of drug-likeness (QED) is 0.496. The summed E-state index contributed by atoms with van der Waals surface area (Å²) in [5.41, 5.74) is 6.35. The third-order valence-electron chi connectivity index (χ3n) is 4.88. The lowest BCUT2D eigenvalue weighted by molar-refractivity contribution is -0.118. The van der Waals surface area contributed by atoms with Gasteiger partial charge in [-0.3, -0.25) is 4.79 Å². The van der Waals surface area contributed by atoms with Crippen molar-refractivity contribution in [3.63, 3.8) is 0 Å². The Morgan fingerprint density at radius 3 is 2.59 bits per heavy atom. The Hall–Kier alpha value is -3.60. The zero-order valence-corrected chi connectivity index (χ0v) is 16.7. The van der Waals surface area contributed by atoms with Gasteiger partial charge in [0.25, 0.3) is 5.91 Å². The molecule has 0 atom stereocenters. The molecule has 5 heteroatoms. The highest BCUT2D eigenvalue weighted by atomic mass is 16.5. The standard InChI is InChI=1S/C24H22N2O3/c1-15-8-9-18(12-17(15)3)24-26-20-13-19(10-11-22(20)29-24)25-23(27)14-28-21-7-5-4-6-16(21)2/h4-13H,14H2,1-3H3,(H,25,27). The van der Waals surface area contributed by atoms with E-state index in [2.05, 4.69) is 36.3 Å². The molecule has 3 aromatic carbocycles. The lowest BCUT2D eigenvalue weighted by Crippen LogP contribution is -2.20. The van der Waals surface area contributed by atoms with E-state index in [0.717, 1.165) is 11.1 Å². The minimum absolute atomic E-state index is 0.0599. The SMILES string of the molecule is Cc1ccc(-c2nc3cc(NC(=O)COc4ccccc4C)ccc3o2)cc1C. The molecular weight excluding hydrogens is 364 g/mol. The normalized spacial score (nSPS) is 10.9. The highest BCUT2D eigenvalue weighted by Gasteiger charge is 2.11. The second-order valence-corrected chi connectivity index (χ2v) is 7.10. The number of hydrogen-bond donors (Lipinski definition) is 1. The number of anilines is 1. The number of ether oxygens (including phenoxy) is 1. The van der Waals surface area contributed by atoms with E-state index in [0.29, 0.717) is 28.4 Å². The molecule has 0 saturated carbocycles. The van der Waals surface area contributed by atoms with Gasteiger partial charge >= 0.3 is 0 Å². The second-order valence-electron chi connectivity index (χ2n) is 7.10. The fourth-order valence-corrected chi connectivity index (χ4v) is 3.06. The number of oxazole rings is 1. The average molecular weight is 386 g/mol. The summed E-state index contributed by atoms with van der Waals surface area (Å²) in [7, 11) is 0. The van der Waals surface area contributed by atoms with Gasteiger partial charge in [0, 0.05) is 11.3 Å². The van der Waals surface area contributed by atoms with Gasteiger partial charge in [-0.05, 0) is 73.9 Å². The molecule has 0 saturated heterocycles. The van der Waals surface area contributed by atoms with Crippen LogP contribution in [0.5, 0.6) is 5.75 Å². The molecule has 29 heavy (non-hydrogen) atoms. The van der Waals surface area contributed by atoms with E-state index in [1.54, 1.807) is 12.1 Å². The molecule has 1 amide bonds. The lowest BCUT2D eigenvalue weighted by Gasteiger charge is -2.09. The number of para-hydroxylation sites is 1. The maximum atomic E-state index is 12.2. The monoisotopic (exact) mass is 386 g/mol. The van der Waals surface area contributed by atoms with Crippen LogP contribution in [-0.2, 0) is 4.79 Å². The van der Waals surface area contributed by atoms with Crippen molar-refractivity contribution in [3.05, 3.63) is 77.4 Å². The van der Waals surface area contributed by atoms with Crippen LogP contribution in [0.2, 0.25) is 0 Å². The topological polar surface area (TPSA) is 64.4 Å². The Bertz CT molecular complexity index is 1190. The van der Waals surface area contributed by atoms with E-state index < -0.39 is 0 Å². The number of amides is 1. The number of nitrogens with one attached hydrogen (secondary N) is 1. The molecule has 0 bridgehead atoms. The van der Waals surface area contributed by atoms with E-state index >= 15 is 0 Å². The highest BCUT2D eigenvalue weighted by Crippen LogP contribution is 2.27. The summed E-state index contributed by atoms with van der Waals surface area (Å²) in [6.45, 7) is 6.02. The number of carbonyl (C=O) groups is 1. The number of nitrogens with zero attached hydrogens (tertiary/aromatic N) is 1. The first-order valence-corrected chi connectivity index (χ1v) is 9.46. The molecule has 5 nitrogen and oxygen atoms in total. The molecule has 4 rings (SSSR count). The Morgan fingerprint density at radius 2 is 1.79 bits per heavy atom. The Kier molecular flexibility index (Phi) is 5.04. The van der Waals surface area contributed by atoms with Gasteiger partial charge in [-0.15, -0.1) is 0 Å². The first kappa shape index (κ1) is 18.7. The van der Waals surface area contributed by atoms with E-state index in [4.69, 9.17) is 9.15 Å². The Morgan fingerprint density at radius 1 is 0.966 bits per heavy atom. The summed E-state index contributed by atoms with van der Waals surface area (Å²) in [4.78, 5) is 16.8. The highest BCUT2D eigenvalue weighted by molar-refractivity contribution is 5.94. The summed E-state index contributed by atoms with van der Waals surface area (Å²) >= 11 is 0. The lowest BCUT2D eigenvalue weighted by atomic mass is 10.1. The van der Waals surface area contributed by atoms with Gasteiger partial charge < -0.3 is 14.5 Å². The minimum Gasteiger partial charge on any atom is -0.483 e. The molecule has 0 aliphatic carbocycles. The van der Waals surface area contributed by atoms with Crippen molar-refractivity contribution in [1.82, 2.24) is 4.98 Å². The second kappa shape index (κ2) is 7.80. The van der Waals surface area contributed by atoms with E-state index in [9.17, 15) is 4.79 Å². The molecule has 0 aliphatic rings. The van der Waals surface area contributed by atoms with Gasteiger partial charge in [0.15, 0.2) is 12.2 Å². The molecule has 0 unspecified atom stereocenters. The number of rotatable bonds is 5. The van der Waals surface area contributed by atoms with Crippen molar-refractivity contribution in [1.29, 1.82) is 0 Å². The molecular formula is C24H22N2O3. The van der Waals surface area contributed by atoms with Gasteiger partial charge in [-0.1, -0.05) is 24.3 Å².